The van der Waals surface area contributed by atoms with Gasteiger partial charge < -0.3 is 38.6 Å². The van der Waals surface area contributed by atoms with E-state index in [2.05, 4.69) is 75.6 Å². The molecule has 2 atom stereocenters. The first-order chi connectivity index (χ1) is 38.8. The molecule has 0 amide bonds. The molecule has 0 aliphatic heterocycles. The van der Waals surface area contributed by atoms with E-state index >= 15 is 0 Å². The highest BCUT2D eigenvalue weighted by atomic mass is 16.7. The standard InChI is InChI=1S/C68H130N2O9/c1-7-13-19-23-29-40-59-76-66(77-60-41-30-24-20-14-8-2)50-49-65(72)75-58-39-31-25-26-36-53-70(56-57-71)55-44-54-69(51-37-27-32-42-61-78-67(73)63(45-17-11-5)47-34-21-15-9-3)52-38-28-33-43-62-79-68(74)64(46-18-12-6)48-35-22-16-10-4/h13-14,19-20,63-64,66,71H,7-12,15-18,21-62H2,1-6H3/b19-13-,20-14-. The van der Waals surface area contributed by atoms with E-state index in [1.54, 1.807) is 0 Å². The molecule has 0 aliphatic rings. The van der Waals surface area contributed by atoms with E-state index in [0.717, 1.165) is 238 Å². The summed E-state index contributed by atoms with van der Waals surface area (Å²) in [5.41, 5.74) is 0. The highest BCUT2D eigenvalue weighted by Crippen LogP contribution is 2.21. The molecular formula is C68H130N2O9. The Morgan fingerprint density at radius 2 is 0.734 bits per heavy atom. The van der Waals surface area contributed by atoms with Gasteiger partial charge in [-0.2, -0.15) is 0 Å². The van der Waals surface area contributed by atoms with Crippen LogP contribution < -0.4 is 0 Å². The van der Waals surface area contributed by atoms with Crippen molar-refractivity contribution in [3.8, 4) is 0 Å². The van der Waals surface area contributed by atoms with Crippen LogP contribution in [0.15, 0.2) is 24.3 Å². The van der Waals surface area contributed by atoms with Crippen molar-refractivity contribution in [2.45, 2.75) is 305 Å². The second-order valence-corrected chi connectivity index (χ2v) is 22.7. The molecule has 0 saturated carbocycles. The molecule has 0 heterocycles. The summed E-state index contributed by atoms with van der Waals surface area (Å²) < 4.78 is 29.5. The van der Waals surface area contributed by atoms with Crippen LogP contribution in [0.5, 0.6) is 0 Å². The minimum absolute atomic E-state index is 0.0239. The second-order valence-electron chi connectivity index (χ2n) is 22.7. The fourth-order valence-corrected chi connectivity index (χ4v) is 10.2. The molecule has 0 aromatic heterocycles. The molecule has 0 aromatic carbocycles. The van der Waals surface area contributed by atoms with E-state index in [1.165, 1.54) is 38.5 Å². The summed E-state index contributed by atoms with van der Waals surface area (Å²) in [7, 11) is 0. The van der Waals surface area contributed by atoms with Gasteiger partial charge in [0.25, 0.3) is 0 Å². The average Bonchev–Trinajstić information content (AvgIpc) is 3.45. The molecule has 79 heavy (non-hydrogen) atoms. The lowest BCUT2D eigenvalue weighted by Gasteiger charge is -2.26. The lowest BCUT2D eigenvalue weighted by molar-refractivity contribution is -0.159. The lowest BCUT2D eigenvalue weighted by atomic mass is 9.95. The van der Waals surface area contributed by atoms with Crippen molar-refractivity contribution in [2.24, 2.45) is 11.8 Å². The Bertz CT molecular complexity index is 1290. The van der Waals surface area contributed by atoms with Gasteiger partial charge in [0.05, 0.1) is 44.7 Å². The third-order valence-electron chi connectivity index (χ3n) is 15.3. The van der Waals surface area contributed by atoms with Crippen LogP contribution in [0.4, 0.5) is 0 Å². The van der Waals surface area contributed by atoms with Gasteiger partial charge in [0, 0.05) is 26.2 Å². The van der Waals surface area contributed by atoms with Gasteiger partial charge in [0.15, 0.2) is 6.29 Å². The Hall–Kier alpha value is -2.31. The Morgan fingerprint density at radius 3 is 1.16 bits per heavy atom. The molecule has 466 valence electrons. The van der Waals surface area contributed by atoms with E-state index in [-0.39, 0.29) is 42.6 Å². The molecule has 0 spiro atoms. The normalized spacial score (nSPS) is 12.7. The molecule has 0 aliphatic carbocycles. The van der Waals surface area contributed by atoms with Crippen LogP contribution in [-0.4, -0.2) is 118 Å². The third kappa shape index (κ3) is 52.3. The van der Waals surface area contributed by atoms with Crippen LogP contribution in [0.25, 0.3) is 0 Å². The van der Waals surface area contributed by atoms with Crippen LogP contribution in [-0.2, 0) is 38.1 Å². The molecule has 1 N–H and O–H groups in total. The van der Waals surface area contributed by atoms with E-state index in [0.29, 0.717) is 52.4 Å². The maximum atomic E-state index is 13.0. The molecule has 0 rings (SSSR count). The molecule has 0 bridgehead atoms. The van der Waals surface area contributed by atoms with Crippen LogP contribution in [0.1, 0.15) is 298 Å². The van der Waals surface area contributed by atoms with Crippen molar-refractivity contribution in [1.29, 1.82) is 0 Å². The first kappa shape index (κ1) is 76.7. The summed E-state index contributed by atoms with van der Waals surface area (Å²) in [5, 5.41) is 9.95. The van der Waals surface area contributed by atoms with Gasteiger partial charge in [-0.1, -0.05) is 188 Å². The summed E-state index contributed by atoms with van der Waals surface area (Å²) in [6.07, 6.45) is 50.4. The van der Waals surface area contributed by atoms with Gasteiger partial charge in [0.1, 0.15) is 0 Å². The summed E-state index contributed by atoms with van der Waals surface area (Å²) >= 11 is 0. The van der Waals surface area contributed by atoms with Gasteiger partial charge in [-0.15, -0.1) is 0 Å². The molecule has 0 saturated heterocycles. The number of hydrogen-bond acceptors (Lipinski definition) is 11. The Labute approximate surface area is 488 Å². The average molecular weight is 1120 g/mol. The fourth-order valence-electron chi connectivity index (χ4n) is 10.2. The number of esters is 3. The topological polar surface area (TPSA) is 124 Å². The molecule has 0 aromatic rings. The second kappa shape index (κ2) is 61.8. The largest absolute Gasteiger partial charge is 0.466 e. The Kier molecular flexibility index (Phi) is 59.9. The van der Waals surface area contributed by atoms with E-state index in [4.69, 9.17) is 23.7 Å². The van der Waals surface area contributed by atoms with Crippen molar-refractivity contribution >= 4 is 17.9 Å². The number of ether oxygens (including phenoxy) is 5. The number of unbranched alkanes of at least 4 members (excludes halogenated alkanes) is 22. The highest BCUT2D eigenvalue weighted by Gasteiger charge is 2.21. The first-order valence-electron chi connectivity index (χ1n) is 33.9. The zero-order valence-corrected chi connectivity index (χ0v) is 52.9. The predicted octanol–water partition coefficient (Wildman–Crippen LogP) is 17.6. The number of carbonyl (C=O) groups excluding carboxylic acids is 3. The van der Waals surface area contributed by atoms with Crippen molar-refractivity contribution in [2.75, 3.05) is 78.9 Å². The van der Waals surface area contributed by atoms with Crippen LogP contribution in [0.3, 0.4) is 0 Å². The van der Waals surface area contributed by atoms with Crippen molar-refractivity contribution in [1.82, 2.24) is 9.80 Å². The number of nitrogens with zero attached hydrogens (tertiary/aromatic N) is 2. The summed E-state index contributed by atoms with van der Waals surface area (Å²) in [5.74, 6) is -0.00539. The third-order valence-corrected chi connectivity index (χ3v) is 15.3. The van der Waals surface area contributed by atoms with Crippen molar-refractivity contribution < 1.29 is 43.2 Å². The van der Waals surface area contributed by atoms with Crippen LogP contribution in [0.2, 0.25) is 0 Å². The molecule has 0 radical (unpaired) electrons. The zero-order chi connectivity index (χ0) is 57.8. The molecule has 2 unspecified atom stereocenters. The number of carbonyl (C=O) groups is 3. The van der Waals surface area contributed by atoms with Gasteiger partial charge in [0.2, 0.25) is 0 Å². The van der Waals surface area contributed by atoms with Crippen LogP contribution in [0, 0.1) is 11.8 Å². The number of aliphatic hydroxyl groups is 1. The zero-order valence-electron chi connectivity index (χ0n) is 52.9. The molecule has 11 heteroatoms. The van der Waals surface area contributed by atoms with E-state index < -0.39 is 0 Å². The maximum absolute atomic E-state index is 13.0. The smallest absolute Gasteiger partial charge is 0.308 e. The summed E-state index contributed by atoms with van der Waals surface area (Å²) in [6.45, 7) is 22.0. The molecule has 0 fully saturated rings. The summed E-state index contributed by atoms with van der Waals surface area (Å²) in [6, 6.07) is 0. The van der Waals surface area contributed by atoms with Crippen molar-refractivity contribution in [3.63, 3.8) is 0 Å². The fraction of sp³-hybridized carbons (Fsp3) is 0.897. The molecular weight excluding hydrogens is 989 g/mol. The highest BCUT2D eigenvalue weighted by molar-refractivity contribution is 5.72. The van der Waals surface area contributed by atoms with Gasteiger partial charge in [-0.25, -0.2) is 0 Å². The number of rotatable bonds is 63. The van der Waals surface area contributed by atoms with Gasteiger partial charge in [-0.05, 0) is 155 Å². The lowest BCUT2D eigenvalue weighted by Crippen LogP contribution is -2.33. The number of allylic oxidation sites excluding steroid dienone is 4. The van der Waals surface area contributed by atoms with E-state index in [9.17, 15) is 19.5 Å². The molecule has 11 nitrogen and oxygen atoms in total. The first-order valence-corrected chi connectivity index (χ1v) is 33.9. The van der Waals surface area contributed by atoms with E-state index in [1.807, 2.05) is 0 Å². The van der Waals surface area contributed by atoms with Crippen LogP contribution >= 0.6 is 0 Å². The Balaban J connectivity index is 4.93. The monoisotopic (exact) mass is 1120 g/mol. The minimum Gasteiger partial charge on any atom is -0.466 e. The maximum Gasteiger partial charge on any atom is 0.308 e. The van der Waals surface area contributed by atoms with Gasteiger partial charge in [-0.3, -0.25) is 14.4 Å². The number of hydrogen-bond donors (Lipinski definition) is 1. The predicted molar refractivity (Wildman–Crippen MR) is 333 cm³/mol. The minimum atomic E-state index is -0.372. The number of aliphatic hydroxyl groups excluding tert-OH is 1. The Morgan fingerprint density at radius 1 is 0.367 bits per heavy atom. The van der Waals surface area contributed by atoms with Gasteiger partial charge >= 0.3 is 17.9 Å². The quantitative estimate of drug-likeness (QED) is 0.0206. The summed E-state index contributed by atoms with van der Waals surface area (Å²) in [4.78, 5) is 43.7. The van der Waals surface area contributed by atoms with Crippen molar-refractivity contribution in [3.05, 3.63) is 24.3 Å². The SMILES string of the molecule is CC/C=C\CCCCOC(CCC(=O)OCCCCCCCN(CCO)CCCN(CCCCCCOC(=O)C(CCCC)CCCCCC)CCCCCCOC(=O)C(CCCC)CCCCCC)OCCCC/C=C\CC.